The number of hydrogen-bond acceptors (Lipinski definition) is 4. The van der Waals surface area contributed by atoms with Crippen LogP contribution in [0.5, 0.6) is 0 Å². The van der Waals surface area contributed by atoms with Crippen molar-refractivity contribution in [2.75, 3.05) is 13.1 Å². The molecule has 3 aromatic rings. The van der Waals surface area contributed by atoms with Crippen molar-refractivity contribution in [2.24, 2.45) is 13.0 Å². The van der Waals surface area contributed by atoms with Crippen molar-refractivity contribution in [1.82, 2.24) is 24.2 Å². The van der Waals surface area contributed by atoms with Gasteiger partial charge in [0.2, 0.25) is 0 Å². The van der Waals surface area contributed by atoms with Gasteiger partial charge in [-0.25, -0.2) is 4.98 Å². The van der Waals surface area contributed by atoms with E-state index in [2.05, 4.69) is 10.1 Å². The Balaban J connectivity index is 1.45. The Morgan fingerprint density at radius 1 is 1.19 bits per heavy atom. The van der Waals surface area contributed by atoms with E-state index in [1.54, 1.807) is 15.6 Å². The molecule has 0 N–H and O–H groups in total. The first-order valence-corrected chi connectivity index (χ1v) is 8.85. The van der Waals surface area contributed by atoms with Crippen LogP contribution in [-0.2, 0) is 13.6 Å². The van der Waals surface area contributed by atoms with E-state index in [0.717, 1.165) is 23.7 Å². The molecule has 2 aromatic heterocycles. The second kappa shape index (κ2) is 6.74. The van der Waals surface area contributed by atoms with Gasteiger partial charge in [-0.1, -0.05) is 18.2 Å². The minimum Gasteiger partial charge on any atom is -0.337 e. The van der Waals surface area contributed by atoms with E-state index in [9.17, 15) is 9.59 Å². The summed E-state index contributed by atoms with van der Waals surface area (Å²) in [6.45, 7) is 2.02. The van der Waals surface area contributed by atoms with E-state index in [1.807, 2.05) is 36.2 Å². The monoisotopic (exact) mass is 351 g/mol. The molecular formula is C19H21N5O2. The molecule has 0 unspecified atom stereocenters. The number of fused-ring (bicyclic) bond motifs is 1. The Morgan fingerprint density at radius 3 is 2.73 bits per heavy atom. The molecule has 1 saturated heterocycles. The zero-order valence-corrected chi connectivity index (χ0v) is 14.7. The van der Waals surface area contributed by atoms with Gasteiger partial charge in [-0.05, 0) is 24.8 Å². The number of aryl methyl sites for hydroxylation is 1. The number of carbonyl (C=O) groups is 1. The second-order valence-corrected chi connectivity index (χ2v) is 6.80. The quantitative estimate of drug-likeness (QED) is 0.720. The van der Waals surface area contributed by atoms with Crippen molar-refractivity contribution >= 4 is 16.8 Å². The van der Waals surface area contributed by atoms with Gasteiger partial charge in [0.1, 0.15) is 0 Å². The maximum absolute atomic E-state index is 12.9. The van der Waals surface area contributed by atoms with Crippen LogP contribution in [0.4, 0.5) is 0 Å². The first-order valence-electron chi connectivity index (χ1n) is 8.85. The van der Waals surface area contributed by atoms with Crippen LogP contribution in [0.2, 0.25) is 0 Å². The lowest BCUT2D eigenvalue weighted by Crippen LogP contribution is -2.40. The third-order valence-electron chi connectivity index (χ3n) is 5.11. The summed E-state index contributed by atoms with van der Waals surface area (Å²) in [7, 11) is 1.86. The highest BCUT2D eigenvalue weighted by Gasteiger charge is 2.27. The molecule has 26 heavy (non-hydrogen) atoms. The van der Waals surface area contributed by atoms with E-state index in [1.165, 1.54) is 12.3 Å². The highest BCUT2D eigenvalue weighted by atomic mass is 16.2. The van der Waals surface area contributed by atoms with Crippen molar-refractivity contribution in [1.29, 1.82) is 0 Å². The number of para-hydroxylation sites is 1. The summed E-state index contributed by atoms with van der Waals surface area (Å²) in [6, 6.07) is 9.27. The number of benzene rings is 1. The number of piperidine rings is 1. The predicted molar refractivity (Wildman–Crippen MR) is 97.8 cm³/mol. The average molecular weight is 351 g/mol. The summed E-state index contributed by atoms with van der Waals surface area (Å²) in [6.07, 6.45) is 4.84. The van der Waals surface area contributed by atoms with Crippen LogP contribution in [-0.4, -0.2) is 43.2 Å². The maximum Gasteiger partial charge on any atom is 0.275 e. The summed E-state index contributed by atoms with van der Waals surface area (Å²) >= 11 is 0. The molecule has 7 nitrogen and oxygen atoms in total. The summed E-state index contributed by atoms with van der Waals surface area (Å²) in [4.78, 5) is 30.6. The number of carbonyl (C=O) groups excluding carboxylic acids is 1. The fourth-order valence-electron chi connectivity index (χ4n) is 3.63. The van der Waals surface area contributed by atoms with Crippen LogP contribution in [0.25, 0.3) is 10.9 Å². The first kappa shape index (κ1) is 16.5. The van der Waals surface area contributed by atoms with Gasteiger partial charge in [-0.15, -0.1) is 0 Å². The van der Waals surface area contributed by atoms with Gasteiger partial charge in [-0.2, -0.15) is 5.10 Å². The van der Waals surface area contributed by atoms with Crippen LogP contribution in [0.1, 0.15) is 23.3 Å². The minimum atomic E-state index is -0.0292. The van der Waals surface area contributed by atoms with Gasteiger partial charge in [0.05, 0.1) is 11.8 Å². The summed E-state index contributed by atoms with van der Waals surface area (Å²) in [5, 5.41) is 5.33. The topological polar surface area (TPSA) is 73.0 Å². The summed E-state index contributed by atoms with van der Waals surface area (Å²) in [5.41, 5.74) is 1.45. The summed E-state index contributed by atoms with van der Waals surface area (Å²) < 4.78 is 3.40. The normalized spacial score (nSPS) is 15.5. The van der Waals surface area contributed by atoms with Crippen LogP contribution in [0.15, 0.2) is 47.7 Å². The lowest BCUT2D eigenvalue weighted by Gasteiger charge is -2.31. The largest absolute Gasteiger partial charge is 0.337 e. The summed E-state index contributed by atoms with van der Waals surface area (Å²) in [5.74, 6) is 0.361. The van der Waals surface area contributed by atoms with Crippen LogP contribution < -0.4 is 5.56 Å². The maximum atomic E-state index is 12.9. The molecule has 1 aromatic carbocycles. The van der Waals surface area contributed by atoms with Gasteiger partial charge in [0, 0.05) is 44.3 Å². The number of amides is 1. The molecule has 3 heterocycles. The second-order valence-electron chi connectivity index (χ2n) is 6.80. The van der Waals surface area contributed by atoms with E-state index < -0.39 is 0 Å². The standard InChI is InChI=1S/C19H21N5O2/c1-22-16-5-3-2-4-15(16)18(21-22)19(26)23-10-7-14(8-11-23)12-24-13-20-9-6-17(24)25/h2-6,9,13-14H,7-8,10-12H2,1H3. The Hall–Kier alpha value is -2.96. The van der Waals surface area contributed by atoms with E-state index in [0.29, 0.717) is 31.2 Å². The smallest absolute Gasteiger partial charge is 0.275 e. The third-order valence-corrected chi connectivity index (χ3v) is 5.11. The Bertz CT molecular complexity index is 998. The Kier molecular flexibility index (Phi) is 4.28. The van der Waals surface area contributed by atoms with Gasteiger partial charge < -0.3 is 4.90 Å². The number of aromatic nitrogens is 4. The number of likely N-dealkylation sites (tertiary alicyclic amines) is 1. The zero-order chi connectivity index (χ0) is 18.1. The molecule has 1 amide bonds. The molecule has 1 fully saturated rings. The van der Waals surface area contributed by atoms with Gasteiger partial charge in [0.15, 0.2) is 5.69 Å². The molecule has 0 bridgehead atoms. The SMILES string of the molecule is Cn1nc(C(=O)N2CCC(Cn3cnccc3=O)CC2)c2ccccc21. The minimum absolute atomic E-state index is 0.0150. The molecule has 0 radical (unpaired) electrons. The molecule has 0 atom stereocenters. The van der Waals surface area contributed by atoms with Crippen molar-refractivity contribution in [3.63, 3.8) is 0 Å². The molecule has 134 valence electrons. The Morgan fingerprint density at radius 2 is 1.96 bits per heavy atom. The molecule has 1 aliphatic heterocycles. The van der Waals surface area contributed by atoms with Gasteiger partial charge in [0.25, 0.3) is 11.5 Å². The molecule has 0 saturated carbocycles. The lowest BCUT2D eigenvalue weighted by molar-refractivity contribution is 0.0677. The molecule has 1 aliphatic rings. The fourth-order valence-corrected chi connectivity index (χ4v) is 3.63. The highest BCUT2D eigenvalue weighted by molar-refractivity contribution is 6.04. The average Bonchev–Trinajstić information content (AvgIpc) is 3.01. The van der Waals surface area contributed by atoms with Crippen molar-refractivity contribution in [3.8, 4) is 0 Å². The van der Waals surface area contributed by atoms with Crippen molar-refractivity contribution in [3.05, 3.63) is 58.9 Å². The first-order chi connectivity index (χ1) is 12.6. The van der Waals surface area contributed by atoms with Crippen LogP contribution >= 0.6 is 0 Å². The lowest BCUT2D eigenvalue weighted by atomic mass is 9.96. The fraction of sp³-hybridized carbons (Fsp3) is 0.368. The van der Waals surface area contributed by atoms with E-state index in [-0.39, 0.29) is 11.5 Å². The Labute approximate surface area is 150 Å². The van der Waals surface area contributed by atoms with Crippen LogP contribution in [0, 0.1) is 5.92 Å². The predicted octanol–water partition coefficient (Wildman–Crippen LogP) is 1.68. The zero-order valence-electron chi connectivity index (χ0n) is 14.7. The highest BCUT2D eigenvalue weighted by Crippen LogP contribution is 2.23. The van der Waals surface area contributed by atoms with Crippen molar-refractivity contribution < 1.29 is 4.79 Å². The molecule has 4 rings (SSSR count). The molecular weight excluding hydrogens is 330 g/mol. The molecule has 7 heteroatoms. The third kappa shape index (κ3) is 3.00. The number of rotatable bonds is 3. The van der Waals surface area contributed by atoms with Gasteiger partial charge in [-0.3, -0.25) is 18.8 Å². The van der Waals surface area contributed by atoms with Crippen molar-refractivity contribution in [2.45, 2.75) is 19.4 Å². The van der Waals surface area contributed by atoms with E-state index >= 15 is 0 Å². The molecule has 0 spiro atoms. The number of nitrogens with zero attached hydrogens (tertiary/aromatic N) is 5. The molecule has 0 aliphatic carbocycles. The van der Waals surface area contributed by atoms with Gasteiger partial charge >= 0.3 is 0 Å². The number of hydrogen-bond donors (Lipinski definition) is 0. The van der Waals surface area contributed by atoms with E-state index in [4.69, 9.17) is 0 Å². The van der Waals surface area contributed by atoms with Crippen LogP contribution in [0.3, 0.4) is 0 Å².